The molecule has 1 amide bonds. The number of para-hydroxylation sites is 2. The summed E-state index contributed by atoms with van der Waals surface area (Å²) in [5.41, 5.74) is 9.13. The predicted molar refractivity (Wildman–Crippen MR) is 146 cm³/mol. The van der Waals surface area contributed by atoms with Crippen LogP contribution in [0.2, 0.25) is 0 Å². The number of rotatable bonds is 4. The van der Waals surface area contributed by atoms with Gasteiger partial charge in [-0.3, -0.25) is 9.69 Å². The second-order valence-electron chi connectivity index (χ2n) is 9.33. The van der Waals surface area contributed by atoms with Gasteiger partial charge >= 0.3 is 0 Å². The van der Waals surface area contributed by atoms with E-state index >= 15 is 0 Å². The molecule has 1 fully saturated rings. The van der Waals surface area contributed by atoms with Gasteiger partial charge in [0, 0.05) is 47.1 Å². The molecule has 0 unspecified atom stereocenters. The first-order valence-corrected chi connectivity index (χ1v) is 12.4. The Labute approximate surface area is 211 Å². The molecule has 1 aromatic heterocycles. The molecular weight excluding hydrogens is 446 g/mol. The predicted octanol–water partition coefficient (Wildman–Crippen LogP) is 6.15. The molecule has 2 aliphatic heterocycles. The quantitative estimate of drug-likeness (QED) is 0.332. The Morgan fingerprint density at radius 1 is 0.778 bits per heavy atom. The molecule has 0 radical (unpaired) electrons. The number of aromatic nitrogens is 1. The van der Waals surface area contributed by atoms with Crippen LogP contribution in [0.1, 0.15) is 22.5 Å². The van der Waals surface area contributed by atoms with E-state index in [1.807, 2.05) is 65.6 Å². The van der Waals surface area contributed by atoms with Crippen LogP contribution in [0.15, 0.2) is 84.9 Å². The van der Waals surface area contributed by atoms with Crippen LogP contribution >= 0.6 is 0 Å². The van der Waals surface area contributed by atoms with Gasteiger partial charge in [0.05, 0.1) is 24.5 Å². The number of hydrogen-bond donors (Lipinski definition) is 0. The number of hydrogen-bond acceptors (Lipinski definition) is 3. The van der Waals surface area contributed by atoms with E-state index in [1.54, 1.807) is 0 Å². The highest BCUT2D eigenvalue weighted by molar-refractivity contribution is 6.38. The van der Waals surface area contributed by atoms with Crippen molar-refractivity contribution in [1.82, 2.24) is 4.57 Å². The van der Waals surface area contributed by atoms with Crippen molar-refractivity contribution in [2.75, 3.05) is 36.1 Å². The molecule has 3 heterocycles. The molecule has 0 bridgehead atoms. The van der Waals surface area contributed by atoms with Crippen LogP contribution in [-0.4, -0.2) is 36.8 Å². The normalized spacial score (nSPS) is 16.6. The fraction of sp³-hybridized carbons (Fsp3) is 0.194. The Balaban J connectivity index is 1.36. The van der Waals surface area contributed by atoms with Gasteiger partial charge in [0.25, 0.3) is 5.91 Å². The number of nitrogens with zero attached hydrogens (tertiary/aromatic N) is 3. The average Bonchev–Trinajstić information content (AvgIpc) is 3.37. The molecular formula is C31H29N3O2. The maximum Gasteiger partial charge on any atom is 0.263 e. The van der Waals surface area contributed by atoms with Crippen LogP contribution in [0.3, 0.4) is 0 Å². The third-order valence-corrected chi connectivity index (χ3v) is 7.14. The lowest BCUT2D eigenvalue weighted by atomic mass is 10.0. The minimum Gasteiger partial charge on any atom is -0.378 e. The van der Waals surface area contributed by atoms with Gasteiger partial charge < -0.3 is 14.2 Å². The van der Waals surface area contributed by atoms with E-state index < -0.39 is 0 Å². The van der Waals surface area contributed by atoms with E-state index in [2.05, 4.69) is 53.6 Å². The van der Waals surface area contributed by atoms with E-state index in [-0.39, 0.29) is 5.91 Å². The number of carbonyl (C=O) groups excluding carboxylic acids is 1. The number of amides is 1. The molecule has 4 aromatic rings. The summed E-state index contributed by atoms with van der Waals surface area (Å²) < 4.78 is 7.75. The largest absolute Gasteiger partial charge is 0.378 e. The highest BCUT2D eigenvalue weighted by Gasteiger charge is 2.33. The maximum atomic E-state index is 13.7. The number of carbonyl (C=O) groups is 1. The lowest BCUT2D eigenvalue weighted by Gasteiger charge is -2.29. The lowest BCUT2D eigenvalue weighted by molar-refractivity contribution is -0.112. The standard InChI is InChI=1S/C31H29N3O2/c1-22-20-24(23(2)33(22)27-14-12-25(13-15-27)32-16-18-36-19-17-32)21-29-28-10-6-7-11-30(28)34(31(29)35)26-8-4-3-5-9-26/h3-15,20-21H,16-19H2,1-2H3/b29-21+. The third-order valence-electron chi connectivity index (χ3n) is 7.14. The molecule has 6 rings (SSSR count). The smallest absolute Gasteiger partial charge is 0.263 e. The van der Waals surface area contributed by atoms with Crippen LogP contribution in [0.25, 0.3) is 17.3 Å². The van der Waals surface area contributed by atoms with E-state index in [0.29, 0.717) is 0 Å². The molecule has 0 saturated carbocycles. The number of fused-ring (bicyclic) bond motifs is 1. The van der Waals surface area contributed by atoms with Crippen LogP contribution in [-0.2, 0) is 9.53 Å². The molecule has 0 spiro atoms. The highest BCUT2D eigenvalue weighted by Crippen LogP contribution is 2.42. The third kappa shape index (κ3) is 3.82. The monoisotopic (exact) mass is 475 g/mol. The van der Waals surface area contributed by atoms with Crippen LogP contribution in [0.5, 0.6) is 0 Å². The number of anilines is 3. The molecule has 5 heteroatoms. The number of morpholine rings is 1. The van der Waals surface area contributed by atoms with Gasteiger partial charge in [0.1, 0.15) is 0 Å². The summed E-state index contributed by atoms with van der Waals surface area (Å²) in [6.45, 7) is 7.64. The molecule has 0 atom stereocenters. The first-order chi connectivity index (χ1) is 17.6. The van der Waals surface area contributed by atoms with Crippen molar-refractivity contribution in [2.24, 2.45) is 0 Å². The fourth-order valence-electron chi connectivity index (χ4n) is 5.33. The Morgan fingerprint density at radius 2 is 1.44 bits per heavy atom. The van der Waals surface area contributed by atoms with E-state index in [9.17, 15) is 4.79 Å². The van der Waals surface area contributed by atoms with Crippen LogP contribution in [0, 0.1) is 13.8 Å². The lowest BCUT2D eigenvalue weighted by Crippen LogP contribution is -2.36. The van der Waals surface area contributed by atoms with Gasteiger partial charge in [-0.2, -0.15) is 0 Å². The topological polar surface area (TPSA) is 37.7 Å². The molecule has 2 aliphatic rings. The van der Waals surface area contributed by atoms with Gasteiger partial charge in [-0.25, -0.2) is 0 Å². The summed E-state index contributed by atoms with van der Waals surface area (Å²) >= 11 is 0. The Bertz CT molecular complexity index is 1450. The number of aryl methyl sites for hydroxylation is 1. The number of benzene rings is 3. The minimum absolute atomic E-state index is 0.00191. The summed E-state index contributed by atoms with van der Waals surface area (Å²) in [6, 6.07) is 28.8. The van der Waals surface area contributed by atoms with Gasteiger partial charge in [-0.1, -0.05) is 36.4 Å². The zero-order chi connectivity index (χ0) is 24.6. The zero-order valence-electron chi connectivity index (χ0n) is 20.6. The van der Waals surface area contributed by atoms with Crippen molar-refractivity contribution in [3.63, 3.8) is 0 Å². The summed E-state index contributed by atoms with van der Waals surface area (Å²) in [7, 11) is 0. The van der Waals surface area contributed by atoms with Crippen molar-refractivity contribution in [3.05, 3.63) is 107 Å². The van der Waals surface area contributed by atoms with Gasteiger partial charge in [0.15, 0.2) is 0 Å². The first-order valence-electron chi connectivity index (χ1n) is 12.4. The molecule has 0 aliphatic carbocycles. The summed E-state index contributed by atoms with van der Waals surface area (Å²) in [6.07, 6.45) is 2.05. The average molecular weight is 476 g/mol. The Hall–Kier alpha value is -4.09. The second-order valence-corrected chi connectivity index (χ2v) is 9.33. The fourth-order valence-corrected chi connectivity index (χ4v) is 5.33. The summed E-state index contributed by atoms with van der Waals surface area (Å²) in [4.78, 5) is 17.8. The second kappa shape index (κ2) is 9.17. The molecule has 5 nitrogen and oxygen atoms in total. The first kappa shape index (κ1) is 22.4. The molecule has 0 N–H and O–H groups in total. The van der Waals surface area contributed by atoms with Crippen molar-refractivity contribution in [1.29, 1.82) is 0 Å². The Kier molecular flexibility index (Phi) is 5.70. The minimum atomic E-state index is 0.00191. The van der Waals surface area contributed by atoms with Gasteiger partial charge in [-0.15, -0.1) is 0 Å². The molecule has 1 saturated heterocycles. The molecule has 3 aromatic carbocycles. The van der Waals surface area contributed by atoms with Crippen molar-refractivity contribution in [2.45, 2.75) is 13.8 Å². The zero-order valence-corrected chi connectivity index (χ0v) is 20.6. The SMILES string of the molecule is Cc1cc(/C=C2/C(=O)N(c3ccccc3)c3ccccc32)c(C)n1-c1ccc(N2CCOCC2)cc1. The number of ether oxygens (including phenoxy) is 1. The van der Waals surface area contributed by atoms with Crippen molar-refractivity contribution < 1.29 is 9.53 Å². The molecule has 36 heavy (non-hydrogen) atoms. The summed E-state index contributed by atoms with van der Waals surface area (Å²) in [5.74, 6) is 0.00191. The van der Waals surface area contributed by atoms with E-state index in [1.165, 1.54) is 5.69 Å². The van der Waals surface area contributed by atoms with Gasteiger partial charge in [-0.05, 0) is 74.0 Å². The van der Waals surface area contributed by atoms with E-state index in [4.69, 9.17) is 4.74 Å². The van der Waals surface area contributed by atoms with Gasteiger partial charge in [0.2, 0.25) is 0 Å². The van der Waals surface area contributed by atoms with E-state index in [0.717, 1.165) is 71.5 Å². The maximum absolute atomic E-state index is 13.7. The molecule has 180 valence electrons. The van der Waals surface area contributed by atoms with Crippen LogP contribution in [0.4, 0.5) is 17.1 Å². The Morgan fingerprint density at radius 3 is 2.19 bits per heavy atom. The van der Waals surface area contributed by atoms with Crippen LogP contribution < -0.4 is 9.80 Å². The highest BCUT2D eigenvalue weighted by atomic mass is 16.5. The summed E-state index contributed by atoms with van der Waals surface area (Å²) in [5, 5.41) is 0. The van der Waals surface area contributed by atoms with Crippen molar-refractivity contribution >= 4 is 34.6 Å². The van der Waals surface area contributed by atoms with Crippen molar-refractivity contribution in [3.8, 4) is 5.69 Å².